The first-order chi connectivity index (χ1) is 9.80. The lowest BCUT2D eigenvalue weighted by atomic mass is 9.92. The first-order valence-electron chi connectivity index (χ1n) is 7.00. The number of halogens is 2. The fourth-order valence-electron chi connectivity index (χ4n) is 2.72. The van der Waals surface area contributed by atoms with Crippen LogP contribution < -0.4 is 15.8 Å². The predicted molar refractivity (Wildman–Crippen MR) is 82.5 cm³/mol. The van der Waals surface area contributed by atoms with Gasteiger partial charge in [0, 0.05) is 12.0 Å². The summed E-state index contributed by atoms with van der Waals surface area (Å²) in [5, 5.41) is 12.0. The Labute approximate surface area is 128 Å². The lowest BCUT2D eigenvalue weighted by Crippen LogP contribution is -2.31. The number of aromatic nitrogens is 1. The van der Waals surface area contributed by atoms with Crippen molar-refractivity contribution in [1.82, 2.24) is 10.3 Å². The summed E-state index contributed by atoms with van der Waals surface area (Å²) in [7, 11) is 0. The Balaban J connectivity index is 1.86. The van der Waals surface area contributed by atoms with E-state index in [2.05, 4.69) is 15.6 Å². The third-order valence-corrected chi connectivity index (χ3v) is 4.10. The zero-order chi connectivity index (χ0) is 15.5. The maximum atomic E-state index is 14.0. The van der Waals surface area contributed by atoms with E-state index in [4.69, 9.17) is 5.14 Å². The van der Waals surface area contributed by atoms with Crippen LogP contribution in [0.3, 0.4) is 0 Å². The molecule has 1 saturated heterocycles. The monoisotopic (exact) mass is 316 g/mol. The van der Waals surface area contributed by atoms with Gasteiger partial charge in [-0.3, -0.25) is 5.14 Å². The molecule has 0 radical (unpaired) electrons. The number of alkyl halides is 2. The maximum Gasteiger partial charge on any atom is 0.265 e. The van der Waals surface area contributed by atoms with Gasteiger partial charge in [0.05, 0.1) is 6.54 Å². The van der Waals surface area contributed by atoms with Crippen LogP contribution in [0.1, 0.15) is 26.7 Å². The molecule has 0 spiro atoms. The molecule has 1 aliphatic heterocycles. The van der Waals surface area contributed by atoms with E-state index >= 15 is 0 Å². The molecule has 118 valence electrons. The molecule has 21 heavy (non-hydrogen) atoms. The molecule has 0 saturated carbocycles. The van der Waals surface area contributed by atoms with Crippen molar-refractivity contribution in [2.75, 3.05) is 18.4 Å². The van der Waals surface area contributed by atoms with E-state index < -0.39 is 12.5 Å². The van der Waals surface area contributed by atoms with Gasteiger partial charge in [-0.1, -0.05) is 6.07 Å². The molecule has 2 rings (SSSR count). The number of hydrogen-bond acceptors (Lipinski definition) is 5. The molecule has 4 N–H and O–H groups in total. The molecule has 1 unspecified atom stereocenters. The van der Waals surface area contributed by atoms with E-state index in [0.717, 1.165) is 18.4 Å². The minimum atomic E-state index is -2.75. The fraction of sp³-hybridized carbons (Fsp3) is 0.643. The highest BCUT2D eigenvalue weighted by molar-refractivity contribution is 7.97. The third-order valence-electron chi connectivity index (χ3n) is 3.63. The second-order valence-corrected chi connectivity index (χ2v) is 6.88. The van der Waals surface area contributed by atoms with Crippen molar-refractivity contribution in [3.63, 3.8) is 0 Å². The van der Waals surface area contributed by atoms with Gasteiger partial charge in [-0.05, 0) is 56.8 Å². The molecule has 1 atom stereocenters. The summed E-state index contributed by atoms with van der Waals surface area (Å²) in [5.74, 6) is -2.31. The number of pyridine rings is 1. The Morgan fingerprint density at radius 1 is 1.52 bits per heavy atom. The number of hydrogen-bond donors (Lipinski definition) is 3. The quantitative estimate of drug-likeness (QED) is 0.704. The van der Waals surface area contributed by atoms with Crippen molar-refractivity contribution < 1.29 is 8.78 Å². The molecule has 1 aromatic rings. The van der Waals surface area contributed by atoms with Crippen molar-refractivity contribution >= 4 is 17.8 Å². The van der Waals surface area contributed by atoms with Crippen molar-refractivity contribution in [3.8, 4) is 0 Å². The van der Waals surface area contributed by atoms with Crippen LogP contribution in [0.2, 0.25) is 0 Å². The van der Waals surface area contributed by atoms with Crippen LogP contribution in [0.25, 0.3) is 0 Å². The van der Waals surface area contributed by atoms with Crippen LogP contribution in [0.15, 0.2) is 23.2 Å². The average molecular weight is 316 g/mol. The van der Waals surface area contributed by atoms with E-state index in [1.165, 1.54) is 0 Å². The number of nitrogens with one attached hydrogen (secondary N) is 2. The Morgan fingerprint density at radius 3 is 2.90 bits per heavy atom. The van der Waals surface area contributed by atoms with Crippen LogP contribution in [0.5, 0.6) is 0 Å². The normalized spacial score (nSPS) is 21.5. The molecule has 0 bridgehead atoms. The Bertz CT molecular complexity index is 482. The van der Waals surface area contributed by atoms with Crippen LogP contribution in [-0.2, 0) is 0 Å². The number of nitrogens with two attached hydrogens (primary N) is 1. The van der Waals surface area contributed by atoms with Gasteiger partial charge < -0.3 is 10.6 Å². The molecular formula is C14H22F2N4S. The third kappa shape index (κ3) is 5.09. The summed E-state index contributed by atoms with van der Waals surface area (Å²) in [5.41, 5.74) is -0.0393. The standard InChI is InChI=1S/C14H22F2N4S/c1-13(2)6-10(8-19-13)7-14(15,16)9-18-11-4-3-5-12(20-11)21-17/h3-5,10,19H,6-9,17H2,1-2H3,(H,18,20). The minimum Gasteiger partial charge on any atom is -0.364 e. The van der Waals surface area contributed by atoms with Crippen LogP contribution in [-0.4, -0.2) is 29.5 Å². The van der Waals surface area contributed by atoms with E-state index in [0.29, 0.717) is 17.4 Å². The highest BCUT2D eigenvalue weighted by Gasteiger charge is 2.38. The van der Waals surface area contributed by atoms with Gasteiger partial charge in [-0.2, -0.15) is 0 Å². The Kier molecular flexibility index (Phi) is 5.06. The van der Waals surface area contributed by atoms with Crippen LogP contribution in [0.4, 0.5) is 14.6 Å². The van der Waals surface area contributed by atoms with Crippen LogP contribution in [0, 0.1) is 5.92 Å². The van der Waals surface area contributed by atoms with E-state index in [-0.39, 0.29) is 17.9 Å². The SMILES string of the molecule is CC1(C)CC(CC(F)(F)CNc2cccc(SN)n2)CN1. The van der Waals surface area contributed by atoms with Gasteiger partial charge in [-0.15, -0.1) is 0 Å². The van der Waals surface area contributed by atoms with Gasteiger partial charge in [-0.25, -0.2) is 13.8 Å². The number of anilines is 1. The Morgan fingerprint density at radius 2 is 2.29 bits per heavy atom. The van der Waals surface area contributed by atoms with Crippen LogP contribution >= 0.6 is 11.9 Å². The Hall–Kier alpha value is -0.920. The van der Waals surface area contributed by atoms with Crippen molar-refractivity contribution in [2.24, 2.45) is 11.1 Å². The molecule has 0 aromatic carbocycles. The van der Waals surface area contributed by atoms with Gasteiger partial charge in [0.25, 0.3) is 5.92 Å². The van der Waals surface area contributed by atoms with E-state index in [9.17, 15) is 8.78 Å². The molecule has 1 fully saturated rings. The topological polar surface area (TPSA) is 63.0 Å². The van der Waals surface area contributed by atoms with E-state index in [1.54, 1.807) is 18.2 Å². The molecular weight excluding hydrogens is 294 g/mol. The summed E-state index contributed by atoms with van der Waals surface area (Å²) in [6.07, 6.45) is 0.669. The fourth-order valence-corrected chi connectivity index (χ4v) is 3.03. The zero-order valence-electron chi connectivity index (χ0n) is 12.3. The highest BCUT2D eigenvalue weighted by Crippen LogP contribution is 2.32. The maximum absolute atomic E-state index is 14.0. The predicted octanol–water partition coefficient (Wildman–Crippen LogP) is 2.87. The summed E-state index contributed by atoms with van der Waals surface area (Å²) in [4.78, 5) is 4.13. The van der Waals surface area contributed by atoms with Crippen molar-refractivity contribution in [3.05, 3.63) is 18.2 Å². The highest BCUT2D eigenvalue weighted by atomic mass is 32.2. The zero-order valence-corrected chi connectivity index (χ0v) is 13.1. The molecule has 4 nitrogen and oxygen atoms in total. The smallest absolute Gasteiger partial charge is 0.265 e. The minimum absolute atomic E-state index is 0.00990. The first-order valence-corrected chi connectivity index (χ1v) is 7.88. The number of rotatable bonds is 6. The summed E-state index contributed by atoms with van der Waals surface area (Å²) < 4.78 is 28.1. The molecule has 0 aliphatic carbocycles. The van der Waals surface area contributed by atoms with E-state index in [1.807, 2.05) is 13.8 Å². The van der Waals surface area contributed by atoms with Gasteiger partial charge >= 0.3 is 0 Å². The lowest BCUT2D eigenvalue weighted by molar-refractivity contribution is -0.00780. The largest absolute Gasteiger partial charge is 0.364 e. The van der Waals surface area contributed by atoms with Gasteiger partial charge in [0.15, 0.2) is 0 Å². The lowest BCUT2D eigenvalue weighted by Gasteiger charge is -2.22. The summed E-state index contributed by atoms with van der Waals surface area (Å²) in [6, 6.07) is 5.14. The number of nitrogens with zero attached hydrogens (tertiary/aromatic N) is 1. The summed E-state index contributed by atoms with van der Waals surface area (Å²) >= 11 is 0.995. The molecule has 1 aliphatic rings. The van der Waals surface area contributed by atoms with Crippen molar-refractivity contribution in [2.45, 2.75) is 43.2 Å². The average Bonchev–Trinajstić information content (AvgIpc) is 2.75. The molecule has 0 amide bonds. The summed E-state index contributed by atoms with van der Waals surface area (Å²) in [6.45, 7) is 4.34. The second-order valence-electron chi connectivity index (χ2n) is 6.23. The molecule has 1 aromatic heterocycles. The van der Waals surface area contributed by atoms with Gasteiger partial charge in [0.1, 0.15) is 10.8 Å². The molecule has 2 heterocycles. The first kappa shape index (κ1) is 16.5. The second kappa shape index (κ2) is 6.46. The molecule has 7 heteroatoms. The van der Waals surface area contributed by atoms with Gasteiger partial charge in [0.2, 0.25) is 0 Å². The van der Waals surface area contributed by atoms with Crippen molar-refractivity contribution in [1.29, 1.82) is 0 Å².